The van der Waals surface area contributed by atoms with Gasteiger partial charge in [-0.3, -0.25) is 9.69 Å². The Kier molecular flexibility index (Phi) is 4.93. The minimum absolute atomic E-state index is 0.140. The fourth-order valence-corrected chi connectivity index (χ4v) is 3.09. The molecule has 1 aliphatic rings. The molecule has 1 N–H and O–H groups in total. The topological polar surface area (TPSA) is 58.6 Å². The van der Waals surface area contributed by atoms with Crippen LogP contribution in [-0.2, 0) is 10.3 Å². The maximum atomic E-state index is 13.2. The Morgan fingerprint density at radius 3 is 2.35 bits per heavy atom. The average molecular weight is 356 g/mol. The van der Waals surface area contributed by atoms with Crippen molar-refractivity contribution in [2.24, 2.45) is 0 Å². The second kappa shape index (κ2) is 7.15. The third-order valence-corrected chi connectivity index (χ3v) is 4.65. The first-order valence-electron chi connectivity index (χ1n) is 8.56. The summed E-state index contributed by atoms with van der Waals surface area (Å²) in [6.07, 6.45) is 0.374. The maximum Gasteiger partial charge on any atom is 0.325 e. The first kappa shape index (κ1) is 17.9. The van der Waals surface area contributed by atoms with Crippen molar-refractivity contribution < 1.29 is 18.7 Å². The predicted octanol–water partition coefficient (Wildman–Crippen LogP) is 3.37. The molecule has 0 saturated carbocycles. The van der Waals surface area contributed by atoms with Crippen LogP contribution in [0.15, 0.2) is 48.5 Å². The number of ether oxygens (including phenoxy) is 1. The third-order valence-electron chi connectivity index (χ3n) is 4.65. The van der Waals surface area contributed by atoms with E-state index in [1.54, 1.807) is 0 Å². The Hall–Kier alpha value is -2.89. The van der Waals surface area contributed by atoms with Gasteiger partial charge in [0.2, 0.25) is 0 Å². The number of nitrogens with one attached hydrogen (secondary N) is 1. The average Bonchev–Trinajstić information content (AvgIpc) is 2.89. The molecule has 0 aromatic heterocycles. The fourth-order valence-electron chi connectivity index (χ4n) is 3.09. The molecule has 0 radical (unpaired) electrons. The molecule has 1 atom stereocenters. The Morgan fingerprint density at radius 1 is 1.08 bits per heavy atom. The van der Waals surface area contributed by atoms with Crippen LogP contribution in [0.2, 0.25) is 0 Å². The van der Waals surface area contributed by atoms with E-state index in [1.807, 2.05) is 38.1 Å². The lowest BCUT2D eigenvalue weighted by atomic mass is 9.87. The first-order valence-corrected chi connectivity index (χ1v) is 8.56. The number of benzene rings is 2. The van der Waals surface area contributed by atoms with Crippen LogP contribution in [0.3, 0.4) is 0 Å². The fraction of sp³-hybridized carbons (Fsp3) is 0.300. The van der Waals surface area contributed by atoms with Crippen LogP contribution in [0.1, 0.15) is 24.5 Å². The number of amides is 3. The second-order valence-corrected chi connectivity index (χ2v) is 6.31. The van der Waals surface area contributed by atoms with Crippen molar-refractivity contribution in [3.8, 4) is 5.75 Å². The number of halogens is 1. The Balaban J connectivity index is 1.71. The van der Waals surface area contributed by atoms with Crippen molar-refractivity contribution in [2.45, 2.75) is 25.8 Å². The number of hydrogen-bond donors (Lipinski definition) is 1. The number of urea groups is 1. The van der Waals surface area contributed by atoms with E-state index in [2.05, 4.69) is 5.32 Å². The van der Waals surface area contributed by atoms with Crippen LogP contribution in [0.5, 0.6) is 5.75 Å². The molecule has 1 heterocycles. The highest BCUT2D eigenvalue weighted by molar-refractivity contribution is 6.07. The minimum Gasteiger partial charge on any atom is -0.492 e. The van der Waals surface area contributed by atoms with Gasteiger partial charge in [-0.2, -0.15) is 0 Å². The normalized spacial score (nSPS) is 19.6. The predicted molar refractivity (Wildman–Crippen MR) is 95.3 cm³/mol. The van der Waals surface area contributed by atoms with Crippen molar-refractivity contribution in [1.29, 1.82) is 0 Å². The molecule has 0 aliphatic carbocycles. The molecule has 6 heteroatoms. The molecule has 2 aromatic rings. The third kappa shape index (κ3) is 3.27. The van der Waals surface area contributed by atoms with E-state index in [9.17, 15) is 14.0 Å². The summed E-state index contributed by atoms with van der Waals surface area (Å²) in [4.78, 5) is 26.4. The van der Waals surface area contributed by atoms with Crippen molar-refractivity contribution in [3.05, 3.63) is 65.5 Å². The number of imide groups is 1. The van der Waals surface area contributed by atoms with E-state index in [-0.39, 0.29) is 24.9 Å². The molecule has 5 nitrogen and oxygen atoms in total. The van der Waals surface area contributed by atoms with Crippen LogP contribution in [0, 0.1) is 12.7 Å². The Morgan fingerprint density at radius 2 is 1.73 bits per heavy atom. The summed E-state index contributed by atoms with van der Waals surface area (Å²) in [5, 5.41) is 2.77. The summed E-state index contributed by atoms with van der Waals surface area (Å²) in [5.41, 5.74) is 0.537. The lowest BCUT2D eigenvalue weighted by Gasteiger charge is -2.25. The number of carbonyl (C=O) groups excluding carboxylic acids is 2. The lowest BCUT2D eigenvalue weighted by molar-refractivity contribution is -0.132. The summed E-state index contributed by atoms with van der Waals surface area (Å²) in [6, 6.07) is 12.7. The van der Waals surface area contributed by atoms with Crippen molar-refractivity contribution in [1.82, 2.24) is 10.2 Å². The molecule has 26 heavy (non-hydrogen) atoms. The monoisotopic (exact) mass is 356 g/mol. The highest BCUT2D eigenvalue weighted by atomic mass is 19.1. The number of aryl methyl sites for hydroxylation is 1. The van der Waals surface area contributed by atoms with E-state index in [0.29, 0.717) is 17.7 Å². The molecular weight excluding hydrogens is 335 g/mol. The van der Waals surface area contributed by atoms with E-state index < -0.39 is 11.6 Å². The van der Waals surface area contributed by atoms with Gasteiger partial charge in [0.05, 0.1) is 6.54 Å². The molecule has 1 aliphatic heterocycles. The molecule has 3 amide bonds. The van der Waals surface area contributed by atoms with E-state index >= 15 is 0 Å². The molecule has 2 aromatic carbocycles. The van der Waals surface area contributed by atoms with Gasteiger partial charge in [-0.05, 0) is 43.2 Å². The summed E-state index contributed by atoms with van der Waals surface area (Å²) < 4.78 is 18.8. The van der Waals surface area contributed by atoms with Crippen molar-refractivity contribution in [2.75, 3.05) is 13.2 Å². The highest BCUT2D eigenvalue weighted by Crippen LogP contribution is 2.32. The van der Waals surface area contributed by atoms with Crippen LogP contribution in [0.4, 0.5) is 9.18 Å². The largest absolute Gasteiger partial charge is 0.492 e. The minimum atomic E-state index is -1.16. The molecule has 0 bridgehead atoms. The van der Waals surface area contributed by atoms with Gasteiger partial charge in [-0.1, -0.05) is 36.8 Å². The van der Waals surface area contributed by atoms with Gasteiger partial charge >= 0.3 is 6.03 Å². The maximum absolute atomic E-state index is 13.2. The van der Waals surface area contributed by atoms with Crippen LogP contribution in [-0.4, -0.2) is 30.0 Å². The van der Waals surface area contributed by atoms with Gasteiger partial charge in [0.25, 0.3) is 5.91 Å². The zero-order chi connectivity index (χ0) is 18.7. The van der Waals surface area contributed by atoms with Gasteiger partial charge in [0.15, 0.2) is 0 Å². The smallest absolute Gasteiger partial charge is 0.325 e. The van der Waals surface area contributed by atoms with Crippen molar-refractivity contribution in [3.63, 3.8) is 0 Å². The van der Waals surface area contributed by atoms with Crippen LogP contribution < -0.4 is 10.1 Å². The molecular formula is C20H21FN2O3. The number of rotatable bonds is 6. The summed E-state index contributed by atoms with van der Waals surface area (Å²) in [7, 11) is 0. The molecule has 3 rings (SSSR count). The van der Waals surface area contributed by atoms with E-state index in [0.717, 1.165) is 10.5 Å². The molecule has 1 saturated heterocycles. The Labute approximate surface area is 151 Å². The number of hydrogen-bond acceptors (Lipinski definition) is 3. The first-order chi connectivity index (χ1) is 12.5. The summed E-state index contributed by atoms with van der Waals surface area (Å²) in [6.45, 7) is 4.14. The van der Waals surface area contributed by atoms with Gasteiger partial charge in [-0.15, -0.1) is 0 Å². The molecule has 0 spiro atoms. The molecule has 1 fully saturated rings. The number of carbonyl (C=O) groups is 2. The van der Waals surface area contributed by atoms with Crippen molar-refractivity contribution >= 4 is 11.9 Å². The standard InChI is InChI=1S/C20H21FN2O3/c1-3-20(15-6-8-16(21)9-7-15)18(24)23(19(25)22-20)12-13-26-17-10-4-14(2)5-11-17/h4-11H,3,12-13H2,1-2H3,(H,22,25)/t20-/m1/s1. The van der Waals surface area contributed by atoms with Gasteiger partial charge < -0.3 is 10.1 Å². The zero-order valence-electron chi connectivity index (χ0n) is 14.8. The molecule has 0 unspecified atom stereocenters. The Bertz CT molecular complexity index is 805. The van der Waals surface area contributed by atoms with Crippen LogP contribution in [0.25, 0.3) is 0 Å². The van der Waals surface area contributed by atoms with E-state index in [1.165, 1.54) is 24.3 Å². The summed E-state index contributed by atoms with van der Waals surface area (Å²) >= 11 is 0. The second-order valence-electron chi connectivity index (χ2n) is 6.31. The van der Waals surface area contributed by atoms with Gasteiger partial charge in [0.1, 0.15) is 23.7 Å². The molecule has 136 valence electrons. The SMILES string of the molecule is CC[C@]1(c2ccc(F)cc2)NC(=O)N(CCOc2ccc(C)cc2)C1=O. The lowest BCUT2D eigenvalue weighted by Crippen LogP contribution is -2.43. The highest BCUT2D eigenvalue weighted by Gasteiger charge is 2.51. The van der Waals surface area contributed by atoms with Crippen LogP contribution >= 0.6 is 0 Å². The van der Waals surface area contributed by atoms with Gasteiger partial charge in [-0.25, -0.2) is 9.18 Å². The summed E-state index contributed by atoms with van der Waals surface area (Å²) in [5.74, 6) is -0.0489. The van der Waals surface area contributed by atoms with E-state index in [4.69, 9.17) is 4.74 Å². The zero-order valence-corrected chi connectivity index (χ0v) is 14.8. The quantitative estimate of drug-likeness (QED) is 0.808. The van der Waals surface area contributed by atoms with Gasteiger partial charge in [0, 0.05) is 0 Å². The number of nitrogens with zero attached hydrogens (tertiary/aromatic N) is 1.